The molecule has 2 aromatic rings. The molecule has 0 bridgehead atoms. The van der Waals surface area contributed by atoms with E-state index in [9.17, 15) is 0 Å². The van der Waals surface area contributed by atoms with E-state index in [1.165, 1.54) is 22.2 Å². The molecule has 0 unspecified atom stereocenters. The Hall–Kier alpha value is -2.03. The van der Waals surface area contributed by atoms with E-state index in [-0.39, 0.29) is 6.85 Å². The van der Waals surface area contributed by atoms with Crippen molar-refractivity contribution in [2.24, 2.45) is 7.05 Å². The molecule has 0 amide bonds. The first-order valence-corrected chi connectivity index (χ1v) is 6.62. The van der Waals surface area contributed by atoms with Crippen molar-refractivity contribution >= 4 is 24.0 Å². The van der Waals surface area contributed by atoms with Crippen molar-refractivity contribution < 1.29 is 4.57 Å². The van der Waals surface area contributed by atoms with E-state index < -0.39 is 0 Å². The van der Waals surface area contributed by atoms with Gasteiger partial charge in [0.25, 0.3) is 0 Å². The molecular formula is C16H18BN2+. The van der Waals surface area contributed by atoms with Gasteiger partial charge in [0.05, 0.1) is 0 Å². The highest BCUT2D eigenvalue weighted by Crippen LogP contribution is 2.09. The van der Waals surface area contributed by atoms with Crippen LogP contribution in [0.1, 0.15) is 11.1 Å². The molecule has 1 aliphatic heterocycles. The first kappa shape index (κ1) is 12.0. The van der Waals surface area contributed by atoms with Gasteiger partial charge in [-0.1, -0.05) is 24.3 Å². The summed E-state index contributed by atoms with van der Waals surface area (Å²) in [5, 5.41) is 0. The monoisotopic (exact) mass is 249 g/mol. The zero-order valence-electron chi connectivity index (χ0n) is 11.7. The number of pyridine rings is 1. The van der Waals surface area contributed by atoms with Crippen LogP contribution in [0.25, 0.3) is 6.08 Å². The Morgan fingerprint density at radius 1 is 1.11 bits per heavy atom. The molecule has 0 aliphatic carbocycles. The molecule has 0 saturated carbocycles. The van der Waals surface area contributed by atoms with E-state index in [0.29, 0.717) is 0 Å². The van der Waals surface area contributed by atoms with E-state index in [0.717, 1.165) is 0 Å². The number of nitrogens with zero attached hydrogens (tertiary/aromatic N) is 2. The summed E-state index contributed by atoms with van der Waals surface area (Å²) in [5.41, 5.74) is 5.27. The van der Waals surface area contributed by atoms with Crippen LogP contribution < -0.4 is 15.6 Å². The SMILES string of the molecule is Cc1ccc(B2c3ccccc3C=CN2C)[n+](C)c1. The van der Waals surface area contributed by atoms with E-state index in [2.05, 4.69) is 85.3 Å². The smallest absolute Gasteiger partial charge is 0.403 e. The summed E-state index contributed by atoms with van der Waals surface area (Å²) < 4.78 is 2.23. The maximum atomic E-state index is 2.27. The molecule has 2 heterocycles. The first-order chi connectivity index (χ1) is 9.16. The average Bonchev–Trinajstić information content (AvgIpc) is 2.40. The molecule has 1 aromatic heterocycles. The normalized spacial score (nSPS) is 13.6. The van der Waals surface area contributed by atoms with E-state index in [1.807, 2.05) is 0 Å². The molecule has 2 nitrogen and oxygen atoms in total. The predicted octanol–water partition coefficient (Wildman–Crippen LogP) is 0.841. The van der Waals surface area contributed by atoms with Crippen molar-refractivity contribution in [1.82, 2.24) is 4.81 Å². The van der Waals surface area contributed by atoms with Crippen molar-refractivity contribution in [3.8, 4) is 0 Å². The third kappa shape index (κ3) is 2.05. The molecule has 0 radical (unpaired) electrons. The van der Waals surface area contributed by atoms with Crippen molar-refractivity contribution in [3.05, 3.63) is 59.9 Å². The van der Waals surface area contributed by atoms with Gasteiger partial charge in [0.15, 0.2) is 11.8 Å². The number of rotatable bonds is 1. The van der Waals surface area contributed by atoms with E-state index in [1.54, 1.807) is 0 Å². The second-order valence-electron chi connectivity index (χ2n) is 5.25. The van der Waals surface area contributed by atoms with Gasteiger partial charge in [-0.2, -0.15) is 0 Å². The van der Waals surface area contributed by atoms with Crippen LogP contribution >= 0.6 is 0 Å². The highest BCUT2D eigenvalue weighted by molar-refractivity contribution is 6.82. The van der Waals surface area contributed by atoms with Crippen molar-refractivity contribution in [2.45, 2.75) is 6.92 Å². The Morgan fingerprint density at radius 2 is 1.89 bits per heavy atom. The molecule has 3 heteroatoms. The topological polar surface area (TPSA) is 7.12 Å². The van der Waals surface area contributed by atoms with Crippen LogP contribution in [0.5, 0.6) is 0 Å². The predicted molar refractivity (Wildman–Crippen MR) is 80.6 cm³/mol. The highest BCUT2D eigenvalue weighted by atomic mass is 15.0. The number of aromatic nitrogens is 1. The van der Waals surface area contributed by atoms with Crippen molar-refractivity contribution in [3.63, 3.8) is 0 Å². The first-order valence-electron chi connectivity index (χ1n) is 6.62. The Kier molecular flexibility index (Phi) is 2.90. The van der Waals surface area contributed by atoms with Gasteiger partial charge in [-0.3, -0.25) is 0 Å². The maximum absolute atomic E-state index is 2.27. The second-order valence-corrected chi connectivity index (χ2v) is 5.25. The summed E-state index contributed by atoms with van der Waals surface area (Å²) in [6.07, 6.45) is 6.52. The Labute approximate surface area is 115 Å². The molecule has 1 aliphatic rings. The molecule has 0 fully saturated rings. The molecule has 0 N–H and O–H groups in total. The molecule has 3 rings (SSSR count). The molecular weight excluding hydrogens is 231 g/mol. The van der Waals surface area contributed by atoms with Crippen LogP contribution in [0.15, 0.2) is 48.8 Å². The van der Waals surface area contributed by atoms with Gasteiger partial charge in [-0.25, -0.2) is 4.57 Å². The largest absolute Gasteiger partial charge is 0.411 e. The Morgan fingerprint density at radius 3 is 2.68 bits per heavy atom. The Bertz CT molecular complexity index is 649. The van der Waals surface area contributed by atoms with E-state index in [4.69, 9.17) is 0 Å². The van der Waals surface area contributed by atoms with Gasteiger partial charge >= 0.3 is 6.85 Å². The lowest BCUT2D eigenvalue weighted by molar-refractivity contribution is -0.654. The number of fused-ring (bicyclic) bond motifs is 1. The summed E-state index contributed by atoms with van der Waals surface area (Å²) in [5.74, 6) is 0. The molecule has 0 spiro atoms. The molecule has 94 valence electrons. The van der Waals surface area contributed by atoms with Crippen LogP contribution in [-0.4, -0.2) is 18.7 Å². The fourth-order valence-electron chi connectivity index (χ4n) is 2.82. The summed E-state index contributed by atoms with van der Waals surface area (Å²) in [4.78, 5) is 2.27. The summed E-state index contributed by atoms with van der Waals surface area (Å²) in [6.45, 7) is 2.41. The average molecular weight is 249 g/mol. The molecule has 19 heavy (non-hydrogen) atoms. The fourth-order valence-corrected chi connectivity index (χ4v) is 2.82. The highest BCUT2D eigenvalue weighted by Gasteiger charge is 2.34. The van der Waals surface area contributed by atoms with Gasteiger partial charge in [0.1, 0.15) is 7.05 Å². The fraction of sp³-hybridized carbons (Fsp3) is 0.188. The lowest BCUT2D eigenvalue weighted by Crippen LogP contribution is -2.65. The van der Waals surface area contributed by atoms with E-state index >= 15 is 0 Å². The maximum Gasteiger partial charge on any atom is 0.403 e. The minimum atomic E-state index is 0.284. The van der Waals surface area contributed by atoms with Gasteiger partial charge in [-0.05, 0) is 49.4 Å². The number of benzene rings is 1. The number of hydrogen-bond donors (Lipinski definition) is 0. The zero-order valence-corrected chi connectivity index (χ0v) is 11.7. The van der Waals surface area contributed by atoms with Gasteiger partial charge in [-0.15, -0.1) is 0 Å². The summed E-state index contributed by atoms with van der Waals surface area (Å²) >= 11 is 0. The van der Waals surface area contributed by atoms with Crippen LogP contribution in [0.3, 0.4) is 0 Å². The molecule has 0 atom stereocenters. The third-order valence-electron chi connectivity index (χ3n) is 3.79. The van der Waals surface area contributed by atoms with Crippen LogP contribution in [0.2, 0.25) is 0 Å². The van der Waals surface area contributed by atoms with Gasteiger partial charge < -0.3 is 4.81 Å². The standard InChI is InChI=1S/C16H18BN2/c1-13-8-9-16(18(2)12-13)17-15-7-5-4-6-14(15)10-11-19(17)3/h4-12H,1-3H3/q+1. The molecule has 1 aromatic carbocycles. The lowest BCUT2D eigenvalue weighted by atomic mass is 9.49. The number of hydrogen-bond acceptors (Lipinski definition) is 1. The quantitative estimate of drug-likeness (QED) is 0.536. The Balaban J connectivity index is 2.16. The summed E-state index contributed by atoms with van der Waals surface area (Å²) in [7, 11) is 4.26. The number of aryl methyl sites for hydroxylation is 2. The van der Waals surface area contributed by atoms with Crippen molar-refractivity contribution in [1.29, 1.82) is 0 Å². The minimum Gasteiger partial charge on any atom is -0.411 e. The zero-order chi connectivity index (χ0) is 13.4. The van der Waals surface area contributed by atoms with Crippen molar-refractivity contribution in [2.75, 3.05) is 7.05 Å². The van der Waals surface area contributed by atoms with Crippen LogP contribution in [-0.2, 0) is 7.05 Å². The van der Waals surface area contributed by atoms with Crippen LogP contribution in [0.4, 0.5) is 0 Å². The second kappa shape index (κ2) is 4.58. The van der Waals surface area contributed by atoms with Gasteiger partial charge in [0.2, 0.25) is 0 Å². The molecule has 0 saturated heterocycles. The minimum absolute atomic E-state index is 0.284. The van der Waals surface area contributed by atoms with Crippen LogP contribution in [0, 0.1) is 6.92 Å². The lowest BCUT2D eigenvalue weighted by Gasteiger charge is -2.26. The summed E-state index contributed by atoms with van der Waals surface area (Å²) in [6, 6.07) is 13.0. The third-order valence-corrected chi connectivity index (χ3v) is 3.79. The van der Waals surface area contributed by atoms with Gasteiger partial charge in [0, 0.05) is 5.56 Å².